The van der Waals surface area contributed by atoms with Crippen LogP contribution in [0.15, 0.2) is 18.2 Å². The number of piperidine rings is 2. The molecule has 148 valence electrons. The zero-order chi connectivity index (χ0) is 19.2. The summed E-state index contributed by atoms with van der Waals surface area (Å²) in [6.07, 6.45) is 5.12. The maximum absolute atomic E-state index is 13.6. The Labute approximate surface area is 160 Å². The van der Waals surface area contributed by atoms with E-state index in [2.05, 4.69) is 10.2 Å². The number of hydrogen-bond acceptors (Lipinski definition) is 3. The SMILES string of the molecule is Cc1ccc(CNC(=O)CN2CCC(C(=O)N3CCCCC3)CC2)cc1F. The molecule has 0 spiro atoms. The third-order valence-electron chi connectivity index (χ3n) is 5.70. The fourth-order valence-corrected chi connectivity index (χ4v) is 3.92. The Hall–Kier alpha value is -1.95. The van der Waals surface area contributed by atoms with E-state index in [1.807, 2.05) is 11.0 Å². The van der Waals surface area contributed by atoms with Crippen LogP contribution in [0.2, 0.25) is 0 Å². The topological polar surface area (TPSA) is 52.7 Å². The van der Waals surface area contributed by atoms with Crippen molar-refractivity contribution in [2.24, 2.45) is 5.92 Å². The Morgan fingerprint density at radius 2 is 1.81 bits per heavy atom. The number of rotatable bonds is 5. The molecule has 0 saturated carbocycles. The van der Waals surface area contributed by atoms with Gasteiger partial charge in [-0.2, -0.15) is 0 Å². The first-order chi connectivity index (χ1) is 13.0. The third-order valence-corrected chi connectivity index (χ3v) is 5.70. The van der Waals surface area contributed by atoms with Crippen LogP contribution >= 0.6 is 0 Å². The average Bonchev–Trinajstić information content (AvgIpc) is 2.69. The number of amides is 2. The number of nitrogens with one attached hydrogen (secondary N) is 1. The predicted molar refractivity (Wildman–Crippen MR) is 103 cm³/mol. The zero-order valence-corrected chi connectivity index (χ0v) is 16.2. The van der Waals surface area contributed by atoms with Gasteiger partial charge in [0.25, 0.3) is 0 Å². The Kier molecular flexibility index (Phi) is 6.83. The van der Waals surface area contributed by atoms with Gasteiger partial charge in [-0.15, -0.1) is 0 Å². The second kappa shape index (κ2) is 9.31. The third kappa shape index (κ3) is 5.51. The highest BCUT2D eigenvalue weighted by Crippen LogP contribution is 2.21. The van der Waals surface area contributed by atoms with Gasteiger partial charge in [-0.3, -0.25) is 14.5 Å². The molecule has 27 heavy (non-hydrogen) atoms. The van der Waals surface area contributed by atoms with Crippen molar-refractivity contribution in [3.05, 3.63) is 35.1 Å². The van der Waals surface area contributed by atoms with Crippen molar-refractivity contribution in [2.45, 2.75) is 45.6 Å². The summed E-state index contributed by atoms with van der Waals surface area (Å²) in [5.41, 5.74) is 1.37. The summed E-state index contributed by atoms with van der Waals surface area (Å²) in [7, 11) is 0. The standard InChI is InChI=1S/C21H30FN3O2/c1-16-5-6-17(13-19(16)22)14-23-20(26)15-24-11-7-18(8-12-24)21(27)25-9-3-2-4-10-25/h5-6,13,18H,2-4,7-12,14-15H2,1H3,(H,23,26). The van der Waals surface area contributed by atoms with E-state index in [9.17, 15) is 14.0 Å². The minimum absolute atomic E-state index is 0.0585. The summed E-state index contributed by atoms with van der Waals surface area (Å²) < 4.78 is 13.6. The van der Waals surface area contributed by atoms with Crippen molar-refractivity contribution in [2.75, 3.05) is 32.7 Å². The van der Waals surface area contributed by atoms with E-state index >= 15 is 0 Å². The van der Waals surface area contributed by atoms with E-state index in [1.54, 1.807) is 13.0 Å². The van der Waals surface area contributed by atoms with Crippen LogP contribution in [0.4, 0.5) is 4.39 Å². The normalized spacial score (nSPS) is 19.1. The maximum Gasteiger partial charge on any atom is 0.234 e. The van der Waals surface area contributed by atoms with Crippen LogP contribution in [0.5, 0.6) is 0 Å². The molecule has 2 amide bonds. The van der Waals surface area contributed by atoms with Crippen LogP contribution in [0.25, 0.3) is 0 Å². The first-order valence-corrected chi connectivity index (χ1v) is 10.1. The molecule has 0 unspecified atom stereocenters. The van der Waals surface area contributed by atoms with Gasteiger partial charge in [-0.25, -0.2) is 4.39 Å². The van der Waals surface area contributed by atoms with Crippen LogP contribution < -0.4 is 5.32 Å². The Bertz CT molecular complexity index is 665. The van der Waals surface area contributed by atoms with E-state index in [0.29, 0.717) is 24.6 Å². The first-order valence-electron chi connectivity index (χ1n) is 10.1. The number of nitrogens with zero attached hydrogens (tertiary/aromatic N) is 2. The number of halogens is 1. The molecule has 6 heteroatoms. The van der Waals surface area contributed by atoms with Crippen molar-refractivity contribution < 1.29 is 14.0 Å². The molecule has 0 radical (unpaired) electrons. The fraction of sp³-hybridized carbons (Fsp3) is 0.619. The molecule has 2 saturated heterocycles. The molecule has 2 aliphatic rings. The number of aryl methyl sites for hydroxylation is 1. The Morgan fingerprint density at radius 3 is 2.48 bits per heavy atom. The van der Waals surface area contributed by atoms with Crippen molar-refractivity contribution in [3.63, 3.8) is 0 Å². The summed E-state index contributed by atoms with van der Waals surface area (Å²) in [6.45, 7) is 5.74. The molecule has 2 fully saturated rings. The fourth-order valence-electron chi connectivity index (χ4n) is 3.92. The van der Waals surface area contributed by atoms with Gasteiger partial charge in [-0.1, -0.05) is 12.1 Å². The van der Waals surface area contributed by atoms with E-state index < -0.39 is 0 Å². The average molecular weight is 375 g/mol. The van der Waals surface area contributed by atoms with Crippen molar-refractivity contribution >= 4 is 11.8 Å². The van der Waals surface area contributed by atoms with Gasteiger partial charge >= 0.3 is 0 Å². The van der Waals surface area contributed by atoms with Gasteiger partial charge in [0.1, 0.15) is 5.82 Å². The summed E-state index contributed by atoms with van der Waals surface area (Å²) in [5, 5.41) is 2.86. The summed E-state index contributed by atoms with van der Waals surface area (Å²) in [6, 6.07) is 5.02. The van der Waals surface area contributed by atoms with Crippen molar-refractivity contribution in [1.82, 2.24) is 15.1 Å². The Morgan fingerprint density at radius 1 is 1.11 bits per heavy atom. The molecule has 2 heterocycles. The molecule has 1 aromatic rings. The van der Waals surface area contributed by atoms with Crippen LogP contribution in [0, 0.1) is 18.7 Å². The van der Waals surface area contributed by atoms with E-state index in [0.717, 1.165) is 57.4 Å². The van der Waals surface area contributed by atoms with Gasteiger partial charge in [-0.05, 0) is 69.3 Å². The number of carbonyl (C=O) groups is 2. The lowest BCUT2D eigenvalue weighted by molar-refractivity contribution is -0.138. The molecular formula is C21H30FN3O2. The van der Waals surface area contributed by atoms with E-state index in [4.69, 9.17) is 0 Å². The minimum atomic E-state index is -0.248. The van der Waals surface area contributed by atoms with Crippen molar-refractivity contribution in [3.8, 4) is 0 Å². The number of hydrogen-bond donors (Lipinski definition) is 1. The van der Waals surface area contributed by atoms with Crippen LogP contribution in [0.3, 0.4) is 0 Å². The molecule has 0 bridgehead atoms. The number of likely N-dealkylation sites (tertiary alicyclic amines) is 2. The number of benzene rings is 1. The molecule has 5 nitrogen and oxygen atoms in total. The molecule has 3 rings (SSSR count). The molecule has 0 atom stereocenters. The van der Waals surface area contributed by atoms with Gasteiger partial charge < -0.3 is 10.2 Å². The molecule has 0 aromatic heterocycles. The summed E-state index contributed by atoms with van der Waals surface area (Å²) in [5.74, 6) is 0.108. The zero-order valence-electron chi connectivity index (χ0n) is 16.2. The summed E-state index contributed by atoms with van der Waals surface area (Å²) >= 11 is 0. The highest BCUT2D eigenvalue weighted by Gasteiger charge is 2.29. The Balaban J connectivity index is 1.38. The van der Waals surface area contributed by atoms with Crippen LogP contribution in [0.1, 0.15) is 43.2 Å². The van der Waals surface area contributed by atoms with E-state index in [-0.39, 0.29) is 17.6 Å². The highest BCUT2D eigenvalue weighted by atomic mass is 19.1. The quantitative estimate of drug-likeness (QED) is 0.860. The van der Waals surface area contributed by atoms with Crippen LogP contribution in [-0.2, 0) is 16.1 Å². The lowest BCUT2D eigenvalue weighted by atomic mass is 9.94. The second-order valence-electron chi connectivity index (χ2n) is 7.80. The maximum atomic E-state index is 13.6. The largest absolute Gasteiger partial charge is 0.351 e. The highest BCUT2D eigenvalue weighted by molar-refractivity contribution is 5.79. The van der Waals surface area contributed by atoms with Crippen LogP contribution in [-0.4, -0.2) is 54.3 Å². The lowest BCUT2D eigenvalue weighted by Gasteiger charge is -2.35. The molecule has 1 N–H and O–H groups in total. The monoisotopic (exact) mass is 375 g/mol. The summed E-state index contributed by atoms with van der Waals surface area (Å²) in [4.78, 5) is 28.9. The predicted octanol–water partition coefficient (Wildman–Crippen LogP) is 2.47. The van der Waals surface area contributed by atoms with Gasteiger partial charge in [0.2, 0.25) is 11.8 Å². The van der Waals surface area contributed by atoms with Crippen molar-refractivity contribution in [1.29, 1.82) is 0 Å². The smallest absolute Gasteiger partial charge is 0.234 e. The van der Waals surface area contributed by atoms with Gasteiger partial charge in [0.15, 0.2) is 0 Å². The lowest BCUT2D eigenvalue weighted by Crippen LogP contribution is -2.46. The van der Waals surface area contributed by atoms with Gasteiger partial charge in [0, 0.05) is 25.6 Å². The molecule has 2 aliphatic heterocycles. The number of carbonyl (C=O) groups excluding carboxylic acids is 2. The molecule has 1 aromatic carbocycles. The second-order valence-corrected chi connectivity index (χ2v) is 7.80. The van der Waals surface area contributed by atoms with E-state index in [1.165, 1.54) is 12.5 Å². The molecule has 0 aliphatic carbocycles. The minimum Gasteiger partial charge on any atom is -0.351 e. The first kappa shape index (κ1) is 19.8. The molecular weight excluding hydrogens is 345 g/mol. The van der Waals surface area contributed by atoms with Gasteiger partial charge in [0.05, 0.1) is 6.54 Å².